The molecule has 12 heterocycles. The minimum absolute atomic E-state index is 0. The number of amides is 1. The number of carbonyl (C=O) groups excluding carboxylic acids is 1. The number of carboxylic acids is 1. The Bertz CT molecular complexity index is 4160. The van der Waals surface area contributed by atoms with Crippen LogP contribution in [0.15, 0.2) is 82.9 Å². The van der Waals surface area contributed by atoms with Gasteiger partial charge in [-0.25, -0.2) is 14.8 Å². The molecule has 0 saturated carbocycles. The number of rotatable bonds is 17. The lowest BCUT2D eigenvalue weighted by molar-refractivity contribution is 0.0694. The van der Waals surface area contributed by atoms with Crippen LogP contribution in [0.4, 0.5) is 11.6 Å². The van der Waals surface area contributed by atoms with Gasteiger partial charge >= 0.3 is 5.97 Å². The number of nitrogen functional groups attached to an aromatic ring is 2. The van der Waals surface area contributed by atoms with Gasteiger partial charge in [-0.2, -0.15) is 0 Å². The second-order valence-corrected chi connectivity index (χ2v) is 27.3. The zero-order valence-corrected chi connectivity index (χ0v) is 59.4. The highest BCUT2D eigenvalue weighted by atomic mass is 35.5. The molecular formula is C74H103ClN16O5. The van der Waals surface area contributed by atoms with Crippen molar-refractivity contribution in [1.82, 2.24) is 63.5 Å². The predicted octanol–water partition coefficient (Wildman–Crippen LogP) is 9.40. The Balaban J connectivity index is 0.000000188. The maximum absolute atomic E-state index is 14.2. The van der Waals surface area contributed by atoms with Gasteiger partial charge in [0.15, 0.2) is 0 Å². The Morgan fingerprint density at radius 3 is 1.39 bits per heavy atom. The van der Waals surface area contributed by atoms with E-state index >= 15 is 0 Å². The topological polar surface area (TPSA) is 264 Å². The molecule has 10 N–H and O–H groups in total. The fraction of sp³-hybridized carbons (Fsp3) is 0.486. The summed E-state index contributed by atoms with van der Waals surface area (Å²) in [6.45, 7) is 42.2. The second-order valence-electron chi connectivity index (χ2n) is 27.3. The lowest BCUT2D eigenvalue weighted by Crippen LogP contribution is -2.47. The molecule has 96 heavy (non-hydrogen) atoms. The molecule has 1 amide bonds. The lowest BCUT2D eigenvalue weighted by Gasteiger charge is -2.38. The number of aromatic carboxylic acids is 1. The monoisotopic (exact) mass is 1330 g/mol. The number of halogens is 1. The molecule has 516 valence electrons. The average Bonchev–Trinajstić information content (AvgIpc) is 1.51. The molecule has 2 unspecified atom stereocenters. The van der Waals surface area contributed by atoms with Gasteiger partial charge in [0.05, 0.1) is 16.6 Å². The zero-order valence-electron chi connectivity index (χ0n) is 58.6. The summed E-state index contributed by atoms with van der Waals surface area (Å²) in [7, 11) is 0. The van der Waals surface area contributed by atoms with Crippen LogP contribution < -0.4 is 33.6 Å². The number of H-pyrrole nitrogens is 2. The fourth-order valence-electron chi connectivity index (χ4n) is 15.0. The third kappa shape index (κ3) is 15.8. The van der Waals surface area contributed by atoms with Crippen molar-refractivity contribution >= 4 is 47.0 Å². The highest BCUT2D eigenvalue weighted by Gasteiger charge is 2.31. The number of pyridine rings is 6. The maximum atomic E-state index is 14.2. The largest absolute Gasteiger partial charge is 0.478 e. The van der Waals surface area contributed by atoms with Gasteiger partial charge in [-0.3, -0.25) is 34.0 Å². The Labute approximate surface area is 571 Å². The summed E-state index contributed by atoms with van der Waals surface area (Å²) in [4.78, 5) is 80.7. The van der Waals surface area contributed by atoms with Gasteiger partial charge < -0.3 is 56.2 Å². The van der Waals surface area contributed by atoms with E-state index in [0.29, 0.717) is 46.7 Å². The highest BCUT2D eigenvalue weighted by Crippen LogP contribution is 2.37. The molecule has 4 aliphatic heterocycles. The molecule has 2 fully saturated rings. The number of carboxylic acid groups (broad SMARTS) is 1. The molecule has 4 aliphatic rings. The molecule has 0 aliphatic carbocycles. The first-order chi connectivity index (χ1) is 45.5. The van der Waals surface area contributed by atoms with Crippen molar-refractivity contribution in [1.29, 1.82) is 0 Å². The zero-order chi connectivity index (χ0) is 68.1. The molecule has 0 spiro atoms. The summed E-state index contributed by atoms with van der Waals surface area (Å²) in [6, 6.07) is 15.5. The lowest BCUT2D eigenvalue weighted by atomic mass is 9.93. The van der Waals surface area contributed by atoms with Gasteiger partial charge in [-0.1, -0.05) is 41.5 Å². The van der Waals surface area contributed by atoms with Crippen LogP contribution in [-0.2, 0) is 39.0 Å². The molecule has 0 radical (unpaired) electrons. The van der Waals surface area contributed by atoms with Gasteiger partial charge in [0, 0.05) is 203 Å². The Morgan fingerprint density at radius 1 is 0.573 bits per heavy atom. The molecule has 2 atom stereocenters. The first-order valence-corrected chi connectivity index (χ1v) is 34.3. The molecule has 12 rings (SSSR count). The molecular weight excluding hydrogens is 1230 g/mol. The van der Waals surface area contributed by atoms with E-state index < -0.39 is 5.97 Å². The van der Waals surface area contributed by atoms with Gasteiger partial charge in [0.25, 0.3) is 17.0 Å². The highest BCUT2D eigenvalue weighted by molar-refractivity contribution is 5.99. The fourth-order valence-corrected chi connectivity index (χ4v) is 15.0. The number of nitrogens with zero attached hydrogens (tertiary/aromatic N) is 10. The number of likely N-dealkylation sites (N-methyl/N-ethyl adjacent to an activating group) is 2. The quantitative estimate of drug-likeness (QED) is 0.0448. The normalized spacial score (nSPS) is 16.5. The molecule has 2 saturated heterocycles. The molecule has 0 aromatic carbocycles. The third-order valence-electron chi connectivity index (χ3n) is 20.3. The molecule has 0 bridgehead atoms. The van der Waals surface area contributed by atoms with Crippen LogP contribution in [-0.4, -0.2) is 167 Å². The van der Waals surface area contributed by atoms with Crippen LogP contribution in [0.1, 0.15) is 155 Å². The van der Waals surface area contributed by atoms with Crippen molar-refractivity contribution < 1.29 is 14.7 Å². The summed E-state index contributed by atoms with van der Waals surface area (Å²) in [5, 5.41) is 13.0. The number of piperazine rings is 2. The van der Waals surface area contributed by atoms with Crippen molar-refractivity contribution in [3.05, 3.63) is 172 Å². The number of anilines is 2. The summed E-state index contributed by atoms with van der Waals surface area (Å²) in [5.74, 6) is 1.10. The molecule has 22 heteroatoms. The number of aromatic amines is 2. The van der Waals surface area contributed by atoms with E-state index in [1.807, 2.05) is 51.2 Å². The maximum Gasteiger partial charge on any atom is 0.336 e. The van der Waals surface area contributed by atoms with Crippen molar-refractivity contribution in [3.63, 3.8) is 0 Å². The van der Waals surface area contributed by atoms with E-state index in [4.69, 9.17) is 17.2 Å². The number of hydrogen-bond donors (Lipinski definition) is 7. The number of nitrogens with one attached hydrogen (secondary N) is 3. The SMILES string of the molecule is CCN1CCN(C(C)c2c(C)c(C(=O)NCc3c4c(c(C)[nH]c3=O)CN(CC(C)C)CC4)cc3c(-c4ccc(N)nc4)ccn23)CC1.CCN1CCN(C(C)c2c(C)c(C(=O)O)cc3c(-c4ccc(N)nc4)ccn23)CC1.Cc1[nH]c(=O)c(CN)c2c1CN(CC(C)C)CC2.Cl. The second kappa shape index (κ2) is 31.6. The number of hydrogen-bond acceptors (Lipinski definition) is 15. The van der Waals surface area contributed by atoms with Gasteiger partial charge in [0.2, 0.25) is 0 Å². The number of aromatic nitrogens is 6. The minimum atomic E-state index is -0.901. The average molecular weight is 1330 g/mol. The van der Waals surface area contributed by atoms with Crippen molar-refractivity contribution in [2.45, 2.75) is 134 Å². The van der Waals surface area contributed by atoms with E-state index in [1.165, 1.54) is 16.7 Å². The standard InChI is InChI=1S/C37H50N8O2.C23H29N5O2.C14H23N3O.ClH/c1-7-42-14-16-44(17-15-42)26(6)35-24(4)30(18-33-28(11-13-45(33)35)27-8-9-34(38)39-19-27)36(46)40-20-31-29-10-12-43(21-23(2)3)22-32(29)25(5)41-37(31)47;1-4-26-9-11-27(12-10-26)16(3)22-15(2)19(23(29)30)13-20-18(7-8-28(20)22)17-5-6-21(24)25-14-17;1-9(2)7-17-5-4-11-12(6-15)14(18)16-10(3)13(11)8-17;/h8-9,11,13,18-19,23,26H,7,10,12,14-17,20-22H2,1-6H3,(H2,38,39)(H,40,46)(H,41,47);5-8,13-14,16H,4,9-12H2,1-3H3,(H2,24,25)(H,29,30);9H,4-8,15H2,1-3H3,(H,16,18);1H. The smallest absolute Gasteiger partial charge is 0.336 e. The first-order valence-electron chi connectivity index (χ1n) is 34.3. The predicted molar refractivity (Wildman–Crippen MR) is 388 cm³/mol. The summed E-state index contributed by atoms with van der Waals surface area (Å²) in [5.41, 5.74) is 35.8. The van der Waals surface area contributed by atoms with E-state index in [1.54, 1.807) is 30.6 Å². The third-order valence-corrected chi connectivity index (χ3v) is 20.3. The summed E-state index contributed by atoms with van der Waals surface area (Å²) >= 11 is 0. The molecule has 8 aromatic heterocycles. The number of fused-ring (bicyclic) bond motifs is 4. The first kappa shape index (κ1) is 72.5. The summed E-state index contributed by atoms with van der Waals surface area (Å²) in [6.07, 6.45) is 9.40. The minimum Gasteiger partial charge on any atom is -0.478 e. The Morgan fingerprint density at radius 2 is 0.990 bits per heavy atom. The van der Waals surface area contributed by atoms with Gasteiger partial charge in [-0.05, 0) is 161 Å². The van der Waals surface area contributed by atoms with Crippen LogP contribution in [0.2, 0.25) is 0 Å². The van der Waals surface area contributed by atoms with Crippen LogP contribution in [0.5, 0.6) is 0 Å². The molecule has 21 nitrogen and oxygen atoms in total. The van der Waals surface area contributed by atoms with Crippen LogP contribution in [0, 0.1) is 39.5 Å². The van der Waals surface area contributed by atoms with E-state index in [2.05, 4.69) is 138 Å². The van der Waals surface area contributed by atoms with E-state index in [0.717, 1.165) is 196 Å². The Kier molecular flexibility index (Phi) is 23.9. The van der Waals surface area contributed by atoms with E-state index in [9.17, 15) is 24.3 Å². The molecule has 8 aromatic rings. The van der Waals surface area contributed by atoms with Gasteiger partial charge in [-0.15, -0.1) is 12.4 Å². The van der Waals surface area contributed by atoms with Gasteiger partial charge in [0.1, 0.15) is 11.6 Å². The Hall–Kier alpha value is -7.73. The van der Waals surface area contributed by atoms with E-state index in [-0.39, 0.29) is 48.1 Å². The number of nitrogens with two attached hydrogens (primary N) is 3. The van der Waals surface area contributed by atoms with Crippen LogP contribution >= 0.6 is 12.4 Å². The van der Waals surface area contributed by atoms with Crippen LogP contribution in [0.3, 0.4) is 0 Å². The number of carbonyl (C=O) groups is 2. The van der Waals surface area contributed by atoms with Crippen LogP contribution in [0.25, 0.3) is 33.3 Å². The summed E-state index contributed by atoms with van der Waals surface area (Å²) < 4.78 is 4.38. The van der Waals surface area contributed by atoms with Crippen molar-refractivity contribution in [2.24, 2.45) is 17.6 Å². The van der Waals surface area contributed by atoms with Crippen molar-refractivity contribution in [3.8, 4) is 22.3 Å². The number of aryl methyl sites for hydroxylation is 2. The van der Waals surface area contributed by atoms with Crippen molar-refractivity contribution in [2.75, 3.05) is 103 Å².